The summed E-state index contributed by atoms with van der Waals surface area (Å²) in [7, 11) is 0. The molecule has 2 aromatic rings. The second-order valence-corrected chi connectivity index (χ2v) is 4.55. The lowest BCUT2D eigenvalue weighted by molar-refractivity contribution is -0.206. The van der Waals surface area contributed by atoms with Crippen molar-refractivity contribution in [3.8, 4) is 0 Å². The van der Waals surface area contributed by atoms with Crippen LogP contribution in [0.25, 0.3) is 10.8 Å². The average molecular weight is 268 g/mol. The zero-order chi connectivity index (χ0) is 14.0. The highest BCUT2D eigenvalue weighted by Crippen LogP contribution is 2.37. The van der Waals surface area contributed by atoms with Gasteiger partial charge in [0.2, 0.25) is 0 Å². The minimum absolute atomic E-state index is 0.0806. The van der Waals surface area contributed by atoms with Crippen LogP contribution in [0.15, 0.2) is 36.4 Å². The van der Waals surface area contributed by atoms with E-state index < -0.39 is 12.3 Å². The fourth-order valence-electron chi connectivity index (χ4n) is 2.29. The summed E-state index contributed by atoms with van der Waals surface area (Å²) in [6, 6.07) is 9.96. The molecule has 0 saturated heterocycles. The molecule has 4 heteroatoms. The Morgan fingerprint density at radius 2 is 1.68 bits per heavy atom. The normalized spacial score (nSPS) is 13.7. The number of aliphatic hydroxyl groups is 1. The van der Waals surface area contributed by atoms with Crippen molar-refractivity contribution in [2.75, 3.05) is 0 Å². The molecular formula is C15H15F3O. The minimum atomic E-state index is -4.64. The first-order valence-electron chi connectivity index (χ1n) is 6.20. The predicted molar refractivity (Wildman–Crippen MR) is 69.0 cm³/mol. The molecule has 0 bridgehead atoms. The molecule has 0 aliphatic carbocycles. The van der Waals surface area contributed by atoms with Gasteiger partial charge >= 0.3 is 6.18 Å². The molecule has 0 radical (unpaired) electrons. The summed E-state index contributed by atoms with van der Waals surface area (Å²) in [6.45, 7) is 2.02. The van der Waals surface area contributed by atoms with E-state index in [1.54, 1.807) is 30.3 Å². The third-order valence-electron chi connectivity index (χ3n) is 3.17. The van der Waals surface area contributed by atoms with Crippen molar-refractivity contribution in [3.63, 3.8) is 0 Å². The largest absolute Gasteiger partial charge is 0.418 e. The lowest BCUT2D eigenvalue weighted by atomic mass is 9.94. The van der Waals surface area contributed by atoms with Gasteiger partial charge in [-0.3, -0.25) is 0 Å². The van der Waals surface area contributed by atoms with Gasteiger partial charge < -0.3 is 5.11 Å². The Morgan fingerprint density at radius 1 is 1.05 bits per heavy atom. The van der Waals surface area contributed by atoms with Crippen LogP contribution < -0.4 is 0 Å². The zero-order valence-electron chi connectivity index (χ0n) is 10.5. The van der Waals surface area contributed by atoms with Crippen LogP contribution in [-0.2, 0) is 6.42 Å². The maximum absolute atomic E-state index is 12.7. The van der Waals surface area contributed by atoms with Gasteiger partial charge in [0.05, 0.1) is 0 Å². The van der Waals surface area contributed by atoms with E-state index in [4.69, 9.17) is 0 Å². The van der Waals surface area contributed by atoms with Crippen molar-refractivity contribution in [1.82, 2.24) is 0 Å². The van der Waals surface area contributed by atoms with Crippen molar-refractivity contribution in [3.05, 3.63) is 47.5 Å². The second-order valence-electron chi connectivity index (χ2n) is 4.55. The Labute approximate surface area is 109 Å². The second kappa shape index (κ2) is 5.21. The molecule has 0 fully saturated rings. The van der Waals surface area contributed by atoms with Gasteiger partial charge in [-0.15, -0.1) is 0 Å². The van der Waals surface area contributed by atoms with E-state index in [0.29, 0.717) is 5.39 Å². The number of aryl methyl sites for hydroxylation is 1. The Balaban J connectivity index is 2.62. The van der Waals surface area contributed by atoms with Crippen LogP contribution in [0.1, 0.15) is 30.6 Å². The topological polar surface area (TPSA) is 20.2 Å². The Hall–Kier alpha value is -1.55. The van der Waals surface area contributed by atoms with Crippen LogP contribution in [0.5, 0.6) is 0 Å². The van der Waals surface area contributed by atoms with E-state index in [1.165, 1.54) is 6.07 Å². The molecule has 0 amide bonds. The minimum Gasteiger partial charge on any atom is -0.379 e. The van der Waals surface area contributed by atoms with Crippen LogP contribution in [0.2, 0.25) is 0 Å². The Kier molecular flexibility index (Phi) is 3.80. The molecule has 1 N–H and O–H groups in total. The Bertz CT molecular complexity index is 575. The fourth-order valence-corrected chi connectivity index (χ4v) is 2.29. The first kappa shape index (κ1) is 13.9. The standard InChI is InChI=1S/C15H15F3O/c1-2-5-10-8-9-13(14(19)15(16,17)18)12-7-4-3-6-11(10)12/h3-4,6-9,14,19H,2,5H2,1H3. The number of hydrogen-bond donors (Lipinski definition) is 1. The lowest BCUT2D eigenvalue weighted by Gasteiger charge is -2.18. The Morgan fingerprint density at radius 3 is 2.26 bits per heavy atom. The smallest absolute Gasteiger partial charge is 0.379 e. The van der Waals surface area contributed by atoms with Gasteiger partial charge in [-0.1, -0.05) is 49.7 Å². The van der Waals surface area contributed by atoms with Crippen molar-refractivity contribution in [1.29, 1.82) is 0 Å². The number of rotatable bonds is 3. The quantitative estimate of drug-likeness (QED) is 0.875. The van der Waals surface area contributed by atoms with Crippen molar-refractivity contribution >= 4 is 10.8 Å². The summed E-state index contributed by atoms with van der Waals surface area (Å²) < 4.78 is 38.0. The van der Waals surface area contributed by atoms with Gasteiger partial charge in [0.15, 0.2) is 6.10 Å². The van der Waals surface area contributed by atoms with Crippen molar-refractivity contribution in [2.24, 2.45) is 0 Å². The number of fused-ring (bicyclic) bond motifs is 1. The van der Waals surface area contributed by atoms with Crippen LogP contribution in [-0.4, -0.2) is 11.3 Å². The first-order valence-corrected chi connectivity index (χ1v) is 6.20. The third-order valence-corrected chi connectivity index (χ3v) is 3.17. The number of benzene rings is 2. The molecule has 0 aliphatic heterocycles. The summed E-state index contributed by atoms with van der Waals surface area (Å²) in [5, 5.41) is 10.7. The van der Waals surface area contributed by atoms with Crippen LogP contribution in [0.4, 0.5) is 13.2 Å². The molecule has 0 aromatic heterocycles. The summed E-state index contributed by atoms with van der Waals surface area (Å²) in [4.78, 5) is 0. The first-order chi connectivity index (χ1) is 8.95. The van der Waals surface area contributed by atoms with E-state index in [0.717, 1.165) is 23.8 Å². The highest BCUT2D eigenvalue weighted by Gasteiger charge is 2.40. The van der Waals surface area contributed by atoms with Crippen LogP contribution in [0.3, 0.4) is 0 Å². The molecule has 1 nitrogen and oxygen atoms in total. The average Bonchev–Trinajstić information content (AvgIpc) is 2.37. The molecule has 0 spiro atoms. The molecule has 0 heterocycles. The van der Waals surface area contributed by atoms with Crippen LogP contribution >= 0.6 is 0 Å². The van der Waals surface area contributed by atoms with E-state index >= 15 is 0 Å². The van der Waals surface area contributed by atoms with Crippen LogP contribution in [0, 0.1) is 0 Å². The molecule has 19 heavy (non-hydrogen) atoms. The summed E-state index contributed by atoms with van der Waals surface area (Å²) in [5.74, 6) is 0. The summed E-state index contributed by atoms with van der Waals surface area (Å²) in [5.41, 5.74) is 0.930. The van der Waals surface area contributed by atoms with Gasteiger partial charge in [-0.05, 0) is 28.3 Å². The van der Waals surface area contributed by atoms with Gasteiger partial charge in [0.1, 0.15) is 0 Å². The SMILES string of the molecule is CCCc1ccc(C(O)C(F)(F)F)c2ccccc12. The molecule has 1 atom stereocenters. The van der Waals surface area contributed by atoms with Gasteiger partial charge in [-0.25, -0.2) is 0 Å². The number of alkyl halides is 3. The monoisotopic (exact) mass is 268 g/mol. The molecule has 102 valence electrons. The zero-order valence-corrected chi connectivity index (χ0v) is 10.5. The maximum atomic E-state index is 12.7. The molecule has 0 saturated carbocycles. The van der Waals surface area contributed by atoms with Crippen molar-refractivity contribution < 1.29 is 18.3 Å². The fraction of sp³-hybridized carbons (Fsp3) is 0.333. The number of aliphatic hydroxyl groups excluding tert-OH is 1. The van der Waals surface area contributed by atoms with Gasteiger partial charge in [-0.2, -0.15) is 13.2 Å². The molecule has 0 aliphatic rings. The van der Waals surface area contributed by atoms with Crippen molar-refractivity contribution in [2.45, 2.75) is 32.0 Å². The van der Waals surface area contributed by atoms with E-state index in [9.17, 15) is 18.3 Å². The highest BCUT2D eigenvalue weighted by atomic mass is 19.4. The molecular weight excluding hydrogens is 253 g/mol. The molecule has 2 aromatic carbocycles. The summed E-state index contributed by atoms with van der Waals surface area (Å²) >= 11 is 0. The van der Waals surface area contributed by atoms with E-state index in [-0.39, 0.29) is 5.56 Å². The molecule has 2 rings (SSSR count). The number of hydrogen-bond acceptors (Lipinski definition) is 1. The third kappa shape index (κ3) is 2.73. The molecule has 1 unspecified atom stereocenters. The van der Waals surface area contributed by atoms with E-state index in [1.807, 2.05) is 6.92 Å². The highest BCUT2D eigenvalue weighted by molar-refractivity contribution is 5.89. The van der Waals surface area contributed by atoms with E-state index in [2.05, 4.69) is 0 Å². The maximum Gasteiger partial charge on any atom is 0.418 e. The predicted octanol–water partition coefficient (Wildman–Crippen LogP) is 4.39. The lowest BCUT2D eigenvalue weighted by Crippen LogP contribution is -2.20. The summed E-state index contributed by atoms with van der Waals surface area (Å²) in [6.07, 6.45) is -5.35. The van der Waals surface area contributed by atoms with Gasteiger partial charge in [0, 0.05) is 0 Å². The number of halogens is 3. The van der Waals surface area contributed by atoms with Gasteiger partial charge in [0.25, 0.3) is 0 Å².